The minimum Gasteiger partial charge on any atom is -0.479 e. The van der Waals surface area contributed by atoms with E-state index in [1.165, 1.54) is 0 Å². The van der Waals surface area contributed by atoms with Gasteiger partial charge in [0.2, 0.25) is 0 Å². The van der Waals surface area contributed by atoms with Gasteiger partial charge in [-0.25, -0.2) is 0 Å². The van der Waals surface area contributed by atoms with Gasteiger partial charge in [0.1, 0.15) is 6.61 Å². The van der Waals surface area contributed by atoms with Gasteiger partial charge in [-0.1, -0.05) is 48.5 Å². The van der Waals surface area contributed by atoms with Crippen LogP contribution in [-0.4, -0.2) is 24.8 Å². The van der Waals surface area contributed by atoms with Crippen molar-refractivity contribution in [3.63, 3.8) is 0 Å². The molecule has 1 aliphatic rings. The van der Waals surface area contributed by atoms with E-state index >= 15 is 0 Å². The summed E-state index contributed by atoms with van der Waals surface area (Å²) in [6.07, 6.45) is 0.638. The number of rotatable bonds is 4. The quantitative estimate of drug-likeness (QED) is 0.776. The number of ether oxygens (including phenoxy) is 1. The molecule has 0 atom stereocenters. The van der Waals surface area contributed by atoms with Gasteiger partial charge >= 0.3 is 0 Å². The summed E-state index contributed by atoms with van der Waals surface area (Å²) in [6.45, 7) is 1.44. The standard InChI is InChI=1S/C17H16N2O/c1-3-7-14(8-4-1)16(13-17-18-11-12-20-17)19-15-9-5-2-6-10-15/h1-10H,11-13H2. The van der Waals surface area contributed by atoms with Gasteiger partial charge in [-0.2, -0.15) is 0 Å². The predicted octanol–water partition coefficient (Wildman–Crippen LogP) is 3.63. The smallest absolute Gasteiger partial charge is 0.189 e. The second kappa shape index (κ2) is 6.15. The van der Waals surface area contributed by atoms with Crippen molar-refractivity contribution in [2.24, 2.45) is 9.98 Å². The summed E-state index contributed by atoms with van der Waals surface area (Å²) in [5.74, 6) is 0.781. The molecule has 0 saturated carbocycles. The molecular weight excluding hydrogens is 248 g/mol. The second-order valence-corrected chi connectivity index (χ2v) is 4.56. The normalized spacial score (nSPS) is 14.8. The summed E-state index contributed by atoms with van der Waals surface area (Å²) >= 11 is 0. The van der Waals surface area contributed by atoms with Gasteiger partial charge in [0.05, 0.1) is 24.4 Å². The van der Waals surface area contributed by atoms with Crippen LogP contribution in [0.5, 0.6) is 0 Å². The van der Waals surface area contributed by atoms with Crippen molar-refractivity contribution in [1.29, 1.82) is 0 Å². The maximum Gasteiger partial charge on any atom is 0.189 e. The highest BCUT2D eigenvalue weighted by Gasteiger charge is 2.13. The van der Waals surface area contributed by atoms with Crippen LogP contribution in [0.4, 0.5) is 5.69 Å². The van der Waals surface area contributed by atoms with Crippen molar-refractivity contribution < 1.29 is 4.74 Å². The van der Waals surface area contributed by atoms with Gasteiger partial charge in [0, 0.05) is 0 Å². The fraction of sp³-hybridized carbons (Fsp3) is 0.176. The number of nitrogens with zero attached hydrogens (tertiary/aromatic N) is 2. The Balaban J connectivity index is 1.93. The molecule has 3 rings (SSSR count). The highest BCUT2D eigenvalue weighted by Crippen LogP contribution is 2.16. The fourth-order valence-corrected chi connectivity index (χ4v) is 2.12. The molecule has 20 heavy (non-hydrogen) atoms. The molecule has 0 amide bonds. The van der Waals surface area contributed by atoms with Crippen LogP contribution < -0.4 is 0 Å². The van der Waals surface area contributed by atoms with E-state index in [9.17, 15) is 0 Å². The maximum absolute atomic E-state index is 5.51. The molecule has 0 radical (unpaired) electrons. The van der Waals surface area contributed by atoms with E-state index in [2.05, 4.69) is 17.1 Å². The van der Waals surface area contributed by atoms with Crippen LogP contribution in [0.2, 0.25) is 0 Å². The lowest BCUT2D eigenvalue weighted by Gasteiger charge is -2.07. The van der Waals surface area contributed by atoms with E-state index in [-0.39, 0.29) is 0 Å². The first kappa shape index (κ1) is 12.6. The summed E-state index contributed by atoms with van der Waals surface area (Å²) in [5, 5.41) is 0. The molecule has 0 unspecified atom stereocenters. The Morgan fingerprint density at radius 2 is 1.70 bits per heavy atom. The molecule has 0 saturated heterocycles. The lowest BCUT2D eigenvalue weighted by Crippen LogP contribution is -2.09. The van der Waals surface area contributed by atoms with Gasteiger partial charge in [-0.15, -0.1) is 0 Å². The molecule has 0 spiro atoms. The zero-order chi connectivity index (χ0) is 13.6. The number of benzene rings is 2. The Kier molecular flexibility index (Phi) is 3.88. The van der Waals surface area contributed by atoms with Crippen molar-refractivity contribution in [3.8, 4) is 0 Å². The number of hydrogen-bond acceptors (Lipinski definition) is 3. The van der Waals surface area contributed by atoms with Gasteiger partial charge in [-0.3, -0.25) is 9.98 Å². The maximum atomic E-state index is 5.51. The third kappa shape index (κ3) is 3.12. The van der Waals surface area contributed by atoms with Gasteiger partial charge < -0.3 is 4.74 Å². The molecule has 0 bridgehead atoms. The van der Waals surface area contributed by atoms with Crippen LogP contribution in [0, 0.1) is 0 Å². The molecule has 2 aromatic rings. The lowest BCUT2D eigenvalue weighted by atomic mass is 10.1. The summed E-state index contributed by atoms with van der Waals surface area (Å²) in [4.78, 5) is 9.10. The van der Waals surface area contributed by atoms with Crippen LogP contribution in [-0.2, 0) is 4.74 Å². The Morgan fingerprint density at radius 3 is 2.35 bits per heavy atom. The molecule has 2 aromatic carbocycles. The molecule has 0 fully saturated rings. The van der Waals surface area contributed by atoms with Crippen molar-refractivity contribution in [3.05, 3.63) is 66.2 Å². The second-order valence-electron chi connectivity index (χ2n) is 4.56. The van der Waals surface area contributed by atoms with Crippen LogP contribution in [0.25, 0.3) is 0 Å². The molecule has 0 aromatic heterocycles. The van der Waals surface area contributed by atoms with E-state index in [0.29, 0.717) is 13.0 Å². The van der Waals surface area contributed by atoms with Crippen LogP contribution in [0.1, 0.15) is 12.0 Å². The predicted molar refractivity (Wildman–Crippen MR) is 82.0 cm³/mol. The topological polar surface area (TPSA) is 34.0 Å². The third-order valence-corrected chi connectivity index (χ3v) is 3.09. The Labute approximate surface area is 118 Å². The highest BCUT2D eigenvalue weighted by atomic mass is 16.5. The minimum atomic E-state index is 0.638. The van der Waals surface area contributed by atoms with Crippen LogP contribution in [0.3, 0.4) is 0 Å². The molecule has 3 heteroatoms. The Bertz CT molecular complexity index is 618. The molecule has 0 aliphatic carbocycles. The summed E-state index contributed by atoms with van der Waals surface area (Å²) in [5.41, 5.74) is 3.04. The fourth-order valence-electron chi connectivity index (χ4n) is 2.12. The molecule has 1 aliphatic heterocycles. The lowest BCUT2D eigenvalue weighted by molar-refractivity contribution is 0.342. The van der Waals surface area contributed by atoms with Crippen molar-refractivity contribution >= 4 is 17.3 Å². The Hall–Kier alpha value is -2.42. The van der Waals surface area contributed by atoms with Gasteiger partial charge in [-0.05, 0) is 17.7 Å². The Morgan fingerprint density at radius 1 is 1.00 bits per heavy atom. The SMILES string of the molecule is c1ccc(N=C(CC2=NCCO2)c2ccccc2)cc1. The van der Waals surface area contributed by atoms with Gasteiger partial charge in [0.25, 0.3) is 0 Å². The van der Waals surface area contributed by atoms with Gasteiger partial charge in [0.15, 0.2) is 5.90 Å². The van der Waals surface area contributed by atoms with E-state index in [1.807, 2.05) is 48.5 Å². The van der Waals surface area contributed by atoms with Crippen molar-refractivity contribution in [2.75, 3.05) is 13.2 Å². The molecule has 0 N–H and O–H groups in total. The molecule has 100 valence electrons. The first-order valence-corrected chi connectivity index (χ1v) is 6.76. The molecular formula is C17H16N2O. The minimum absolute atomic E-state index is 0.638. The highest BCUT2D eigenvalue weighted by molar-refractivity contribution is 6.11. The van der Waals surface area contributed by atoms with E-state index in [4.69, 9.17) is 9.73 Å². The zero-order valence-corrected chi connectivity index (χ0v) is 11.2. The van der Waals surface area contributed by atoms with E-state index in [1.54, 1.807) is 0 Å². The summed E-state index contributed by atoms with van der Waals surface area (Å²) in [7, 11) is 0. The monoisotopic (exact) mass is 264 g/mol. The van der Waals surface area contributed by atoms with E-state index < -0.39 is 0 Å². The third-order valence-electron chi connectivity index (χ3n) is 3.09. The first-order chi connectivity index (χ1) is 9.92. The number of aliphatic imine (C=N–C) groups is 2. The van der Waals surface area contributed by atoms with Crippen LogP contribution in [0.15, 0.2) is 70.6 Å². The van der Waals surface area contributed by atoms with Crippen molar-refractivity contribution in [2.45, 2.75) is 6.42 Å². The zero-order valence-electron chi connectivity index (χ0n) is 11.2. The van der Waals surface area contributed by atoms with Crippen molar-refractivity contribution in [1.82, 2.24) is 0 Å². The molecule has 1 heterocycles. The van der Waals surface area contributed by atoms with Crippen LogP contribution >= 0.6 is 0 Å². The average molecular weight is 264 g/mol. The number of hydrogen-bond donors (Lipinski definition) is 0. The molecule has 3 nitrogen and oxygen atoms in total. The first-order valence-electron chi connectivity index (χ1n) is 6.76. The average Bonchev–Trinajstić information content (AvgIpc) is 3.02. The number of para-hydroxylation sites is 1. The summed E-state index contributed by atoms with van der Waals surface area (Å²) in [6, 6.07) is 20.2. The summed E-state index contributed by atoms with van der Waals surface area (Å²) < 4.78 is 5.51. The van der Waals surface area contributed by atoms with E-state index in [0.717, 1.165) is 29.4 Å². The largest absolute Gasteiger partial charge is 0.479 e.